The largest absolute Gasteiger partial charge is 0.495 e. The van der Waals surface area contributed by atoms with Gasteiger partial charge in [0.15, 0.2) is 0 Å². The molecular weight excluding hydrogens is 330 g/mol. The average Bonchev–Trinajstić information content (AvgIpc) is 2.52. The highest BCUT2D eigenvalue weighted by atomic mass is 79.9. The highest BCUT2D eigenvalue weighted by Crippen LogP contribution is 2.28. The molecule has 1 N–H and O–H groups in total. The third-order valence-electron chi connectivity index (χ3n) is 3.02. The van der Waals surface area contributed by atoms with Crippen molar-refractivity contribution in [2.75, 3.05) is 19.0 Å². The summed E-state index contributed by atoms with van der Waals surface area (Å²) < 4.78 is 11.9. The fraction of sp³-hybridized carbons (Fsp3) is 0.294. The molecule has 0 radical (unpaired) electrons. The molecule has 0 aromatic heterocycles. The zero-order valence-corrected chi connectivity index (χ0v) is 13.9. The van der Waals surface area contributed by atoms with E-state index in [0.29, 0.717) is 0 Å². The van der Waals surface area contributed by atoms with E-state index in [1.54, 1.807) is 7.11 Å². The molecule has 21 heavy (non-hydrogen) atoms. The first-order valence-electron chi connectivity index (χ1n) is 7.02. The van der Waals surface area contributed by atoms with Crippen molar-refractivity contribution in [3.63, 3.8) is 0 Å². The maximum atomic E-state index is 5.65. The molecule has 2 aromatic carbocycles. The summed E-state index contributed by atoms with van der Waals surface area (Å²) in [5.74, 6) is 1.74. The fourth-order valence-corrected chi connectivity index (χ4v) is 2.35. The fourth-order valence-electron chi connectivity index (χ4n) is 1.94. The zero-order chi connectivity index (χ0) is 15.1. The van der Waals surface area contributed by atoms with E-state index in [1.165, 1.54) is 5.56 Å². The number of anilines is 1. The molecule has 4 heteroatoms. The second kappa shape index (κ2) is 7.93. The average molecular weight is 350 g/mol. The molecule has 2 aromatic rings. The molecule has 0 spiro atoms. The van der Waals surface area contributed by atoms with Crippen LogP contribution in [-0.4, -0.2) is 13.7 Å². The first kappa shape index (κ1) is 15.7. The van der Waals surface area contributed by atoms with Gasteiger partial charge in [-0.05, 0) is 52.2 Å². The Morgan fingerprint density at radius 2 is 2.00 bits per heavy atom. The van der Waals surface area contributed by atoms with Crippen LogP contribution in [0.15, 0.2) is 46.9 Å². The van der Waals surface area contributed by atoms with Crippen molar-refractivity contribution >= 4 is 21.6 Å². The molecule has 0 heterocycles. The summed E-state index contributed by atoms with van der Waals surface area (Å²) in [5, 5.41) is 3.39. The van der Waals surface area contributed by atoms with Crippen LogP contribution in [-0.2, 0) is 6.54 Å². The van der Waals surface area contributed by atoms with Crippen LogP contribution in [0, 0.1) is 0 Å². The molecule has 2 rings (SSSR count). The molecule has 0 saturated heterocycles. The Bertz CT molecular complexity index is 587. The summed E-state index contributed by atoms with van der Waals surface area (Å²) in [6.45, 7) is 3.60. The van der Waals surface area contributed by atoms with Crippen molar-refractivity contribution in [1.29, 1.82) is 0 Å². The van der Waals surface area contributed by atoms with Gasteiger partial charge in [-0.3, -0.25) is 0 Å². The number of hydrogen-bond donors (Lipinski definition) is 1. The Hall–Kier alpha value is -1.68. The van der Waals surface area contributed by atoms with Crippen molar-refractivity contribution in [2.24, 2.45) is 0 Å². The molecule has 0 unspecified atom stereocenters. The topological polar surface area (TPSA) is 30.5 Å². The molecule has 0 fully saturated rings. The van der Waals surface area contributed by atoms with E-state index in [2.05, 4.69) is 40.3 Å². The predicted octanol–water partition coefficient (Wildman–Crippen LogP) is 4.86. The number of halogens is 1. The summed E-state index contributed by atoms with van der Waals surface area (Å²) in [7, 11) is 1.67. The maximum Gasteiger partial charge on any atom is 0.135 e. The van der Waals surface area contributed by atoms with Crippen molar-refractivity contribution in [2.45, 2.75) is 19.9 Å². The quantitative estimate of drug-likeness (QED) is 0.774. The van der Waals surface area contributed by atoms with Crippen molar-refractivity contribution < 1.29 is 9.47 Å². The van der Waals surface area contributed by atoms with E-state index in [0.717, 1.165) is 41.2 Å². The van der Waals surface area contributed by atoms with E-state index >= 15 is 0 Å². The van der Waals surface area contributed by atoms with Crippen molar-refractivity contribution in [3.05, 3.63) is 52.5 Å². The van der Waals surface area contributed by atoms with E-state index in [1.807, 2.05) is 30.3 Å². The van der Waals surface area contributed by atoms with Gasteiger partial charge in [-0.15, -0.1) is 0 Å². The minimum atomic E-state index is 0.744. The van der Waals surface area contributed by atoms with E-state index in [-0.39, 0.29) is 0 Å². The molecular formula is C17H20BrNO2. The van der Waals surface area contributed by atoms with Crippen LogP contribution in [0.1, 0.15) is 18.9 Å². The number of methoxy groups -OCH3 is 1. The molecule has 0 saturated carbocycles. The molecule has 0 aliphatic rings. The minimum Gasteiger partial charge on any atom is -0.495 e. The van der Waals surface area contributed by atoms with Gasteiger partial charge in [0, 0.05) is 18.3 Å². The Morgan fingerprint density at radius 3 is 2.76 bits per heavy atom. The first-order valence-corrected chi connectivity index (χ1v) is 7.81. The smallest absolute Gasteiger partial charge is 0.135 e. The third-order valence-corrected chi connectivity index (χ3v) is 3.67. The monoisotopic (exact) mass is 349 g/mol. The van der Waals surface area contributed by atoms with Gasteiger partial charge in [0.2, 0.25) is 0 Å². The number of ether oxygens (including phenoxy) is 2. The van der Waals surface area contributed by atoms with Gasteiger partial charge < -0.3 is 14.8 Å². The van der Waals surface area contributed by atoms with Crippen molar-refractivity contribution in [3.8, 4) is 11.5 Å². The van der Waals surface area contributed by atoms with Gasteiger partial charge in [0.05, 0.1) is 18.2 Å². The molecule has 112 valence electrons. The molecule has 0 amide bonds. The first-order chi connectivity index (χ1) is 10.2. The lowest BCUT2D eigenvalue weighted by molar-refractivity contribution is 0.317. The molecule has 0 bridgehead atoms. The zero-order valence-electron chi connectivity index (χ0n) is 12.4. The third kappa shape index (κ3) is 4.67. The molecule has 3 nitrogen and oxygen atoms in total. The van der Waals surface area contributed by atoms with Crippen LogP contribution in [0.25, 0.3) is 0 Å². The number of benzene rings is 2. The van der Waals surface area contributed by atoms with E-state index in [4.69, 9.17) is 9.47 Å². The van der Waals surface area contributed by atoms with E-state index < -0.39 is 0 Å². The minimum absolute atomic E-state index is 0.744. The lowest BCUT2D eigenvalue weighted by Crippen LogP contribution is -2.01. The molecule has 0 aliphatic carbocycles. The predicted molar refractivity (Wildman–Crippen MR) is 90.2 cm³/mol. The summed E-state index contributed by atoms with van der Waals surface area (Å²) in [5.41, 5.74) is 2.21. The van der Waals surface area contributed by atoms with Gasteiger partial charge >= 0.3 is 0 Å². The normalized spacial score (nSPS) is 10.2. The van der Waals surface area contributed by atoms with Gasteiger partial charge in [-0.25, -0.2) is 0 Å². The second-order valence-corrected chi connectivity index (χ2v) is 5.55. The van der Waals surface area contributed by atoms with E-state index in [9.17, 15) is 0 Å². The van der Waals surface area contributed by atoms with Crippen LogP contribution in [0.2, 0.25) is 0 Å². The summed E-state index contributed by atoms with van der Waals surface area (Å²) in [4.78, 5) is 0. The van der Waals surface area contributed by atoms with Gasteiger partial charge in [-0.1, -0.05) is 19.1 Å². The number of nitrogens with one attached hydrogen (secondary N) is 1. The van der Waals surface area contributed by atoms with Crippen molar-refractivity contribution in [1.82, 2.24) is 0 Å². The Balaban J connectivity index is 1.99. The van der Waals surface area contributed by atoms with Crippen LogP contribution in [0.3, 0.4) is 0 Å². The number of rotatable bonds is 7. The molecule has 0 atom stereocenters. The van der Waals surface area contributed by atoms with Crippen LogP contribution in [0.4, 0.5) is 5.69 Å². The van der Waals surface area contributed by atoms with Gasteiger partial charge in [0.25, 0.3) is 0 Å². The highest BCUT2D eigenvalue weighted by molar-refractivity contribution is 9.10. The lowest BCUT2D eigenvalue weighted by atomic mass is 10.2. The molecule has 0 aliphatic heterocycles. The Kier molecular flexibility index (Phi) is 5.93. The maximum absolute atomic E-state index is 5.65. The Morgan fingerprint density at radius 1 is 1.14 bits per heavy atom. The summed E-state index contributed by atoms with van der Waals surface area (Å²) in [6.07, 6.45) is 1.02. The highest BCUT2D eigenvalue weighted by Gasteiger charge is 2.02. The van der Waals surface area contributed by atoms with Crippen LogP contribution < -0.4 is 14.8 Å². The second-order valence-electron chi connectivity index (χ2n) is 4.70. The Labute approximate surface area is 134 Å². The van der Waals surface area contributed by atoms with Gasteiger partial charge in [0.1, 0.15) is 11.5 Å². The summed E-state index contributed by atoms with van der Waals surface area (Å²) in [6, 6.07) is 14.1. The number of hydrogen-bond acceptors (Lipinski definition) is 3. The lowest BCUT2D eigenvalue weighted by Gasteiger charge is -2.11. The van der Waals surface area contributed by atoms with Crippen LogP contribution in [0.5, 0.6) is 11.5 Å². The van der Waals surface area contributed by atoms with Gasteiger partial charge in [-0.2, -0.15) is 0 Å². The SMILES string of the molecule is CCCOc1cccc(CNc2ccc(Br)c(OC)c2)c1. The standard InChI is InChI=1S/C17H20BrNO2/c1-3-9-21-15-6-4-5-13(10-15)12-19-14-7-8-16(18)17(11-14)20-2/h4-8,10-11,19H,3,9,12H2,1-2H3. The van der Waals surface area contributed by atoms with Crippen LogP contribution >= 0.6 is 15.9 Å². The summed E-state index contributed by atoms with van der Waals surface area (Å²) >= 11 is 3.45.